The number of thioether (sulfide) groups is 1. The molecule has 2 aromatic carbocycles. The molecule has 0 aliphatic heterocycles. The molecule has 23 heavy (non-hydrogen) atoms. The van der Waals surface area contributed by atoms with Crippen LogP contribution < -0.4 is 5.32 Å². The molecule has 1 atom stereocenters. The molecule has 1 heterocycles. The van der Waals surface area contributed by atoms with Crippen LogP contribution in [0.3, 0.4) is 0 Å². The maximum absolute atomic E-state index is 12.2. The number of carbonyl (C=O) groups is 1. The second-order valence-electron chi connectivity index (χ2n) is 5.32. The lowest BCUT2D eigenvalue weighted by molar-refractivity contribution is -0.119. The Morgan fingerprint density at radius 2 is 1.87 bits per heavy atom. The Bertz CT molecular complexity index is 799. The van der Waals surface area contributed by atoms with Crippen LogP contribution >= 0.6 is 11.8 Å². The van der Waals surface area contributed by atoms with Crippen molar-refractivity contribution in [2.75, 3.05) is 5.75 Å². The molecule has 0 radical (unpaired) electrons. The van der Waals surface area contributed by atoms with Crippen molar-refractivity contribution in [1.82, 2.24) is 10.3 Å². The van der Waals surface area contributed by atoms with Gasteiger partial charge in [0.05, 0.1) is 17.3 Å². The van der Waals surface area contributed by atoms with Crippen LogP contribution in [-0.4, -0.2) is 16.6 Å². The molecule has 3 aromatic rings. The average Bonchev–Trinajstić information content (AvgIpc) is 2.60. The average molecular weight is 322 g/mol. The van der Waals surface area contributed by atoms with Gasteiger partial charge in [-0.05, 0) is 24.6 Å². The summed E-state index contributed by atoms with van der Waals surface area (Å²) in [6.07, 6.45) is 1.78. The molecule has 0 fully saturated rings. The van der Waals surface area contributed by atoms with Crippen LogP contribution in [0.25, 0.3) is 10.9 Å². The van der Waals surface area contributed by atoms with Gasteiger partial charge in [-0.3, -0.25) is 9.78 Å². The van der Waals surface area contributed by atoms with Gasteiger partial charge in [-0.15, -0.1) is 11.8 Å². The van der Waals surface area contributed by atoms with Crippen molar-refractivity contribution in [3.05, 3.63) is 72.4 Å². The quantitative estimate of drug-likeness (QED) is 0.716. The van der Waals surface area contributed by atoms with Gasteiger partial charge < -0.3 is 5.32 Å². The molecule has 1 N–H and O–H groups in total. The van der Waals surface area contributed by atoms with E-state index in [1.54, 1.807) is 6.20 Å². The van der Waals surface area contributed by atoms with Crippen molar-refractivity contribution in [3.8, 4) is 0 Å². The number of carbonyl (C=O) groups excluding carboxylic acids is 1. The molecule has 3 nitrogen and oxygen atoms in total. The van der Waals surface area contributed by atoms with Gasteiger partial charge in [-0.25, -0.2) is 0 Å². The zero-order valence-corrected chi connectivity index (χ0v) is 13.7. The minimum Gasteiger partial charge on any atom is -0.349 e. The highest BCUT2D eigenvalue weighted by molar-refractivity contribution is 8.00. The molecule has 0 spiro atoms. The molecular weight excluding hydrogens is 304 g/mol. The third kappa shape index (κ3) is 3.90. The van der Waals surface area contributed by atoms with Crippen LogP contribution in [0.2, 0.25) is 0 Å². The number of rotatable bonds is 5. The summed E-state index contributed by atoms with van der Waals surface area (Å²) in [5.74, 6) is 0.409. The Hall–Kier alpha value is -2.33. The van der Waals surface area contributed by atoms with Gasteiger partial charge >= 0.3 is 0 Å². The fourth-order valence-electron chi connectivity index (χ4n) is 2.44. The zero-order valence-electron chi connectivity index (χ0n) is 12.9. The summed E-state index contributed by atoms with van der Waals surface area (Å²) in [7, 11) is 0. The molecule has 1 amide bonds. The standard InChI is InChI=1S/C19H18N2OS/c1-14(15-7-3-2-4-8-15)21-18(22)13-23-17-11-5-9-16-10-6-12-20-19(16)17/h2-12,14H,13H2,1H3,(H,21,22). The van der Waals surface area contributed by atoms with Crippen LogP contribution in [0.4, 0.5) is 0 Å². The molecule has 3 rings (SSSR count). The van der Waals surface area contributed by atoms with Gasteiger partial charge in [0.2, 0.25) is 5.91 Å². The van der Waals surface area contributed by atoms with E-state index in [0.29, 0.717) is 5.75 Å². The van der Waals surface area contributed by atoms with Crippen LogP contribution in [0.5, 0.6) is 0 Å². The number of hydrogen-bond donors (Lipinski definition) is 1. The van der Waals surface area contributed by atoms with E-state index in [1.165, 1.54) is 11.8 Å². The highest BCUT2D eigenvalue weighted by Gasteiger charge is 2.10. The zero-order chi connectivity index (χ0) is 16.1. The first-order valence-corrected chi connectivity index (χ1v) is 8.53. The molecule has 0 saturated heterocycles. The Kier molecular flexibility index (Phi) is 4.93. The van der Waals surface area contributed by atoms with Crippen molar-refractivity contribution in [2.24, 2.45) is 0 Å². The van der Waals surface area contributed by atoms with E-state index in [9.17, 15) is 4.79 Å². The molecule has 1 aromatic heterocycles. The maximum Gasteiger partial charge on any atom is 0.230 e. The van der Waals surface area contributed by atoms with Gasteiger partial charge in [0.15, 0.2) is 0 Å². The monoisotopic (exact) mass is 322 g/mol. The number of nitrogens with one attached hydrogen (secondary N) is 1. The molecule has 0 aliphatic carbocycles. The van der Waals surface area contributed by atoms with E-state index in [-0.39, 0.29) is 11.9 Å². The smallest absolute Gasteiger partial charge is 0.230 e. The molecule has 116 valence electrons. The number of amides is 1. The first kappa shape index (κ1) is 15.6. The molecule has 0 aliphatic rings. The van der Waals surface area contributed by atoms with E-state index >= 15 is 0 Å². The Morgan fingerprint density at radius 1 is 1.09 bits per heavy atom. The molecular formula is C19H18N2OS. The number of hydrogen-bond acceptors (Lipinski definition) is 3. The van der Waals surface area contributed by atoms with Crippen molar-refractivity contribution in [3.63, 3.8) is 0 Å². The number of benzene rings is 2. The van der Waals surface area contributed by atoms with E-state index in [0.717, 1.165) is 21.4 Å². The summed E-state index contributed by atoms with van der Waals surface area (Å²) < 4.78 is 0. The fraction of sp³-hybridized carbons (Fsp3) is 0.158. The summed E-state index contributed by atoms with van der Waals surface area (Å²) in [5.41, 5.74) is 2.06. The van der Waals surface area contributed by atoms with Crippen LogP contribution in [-0.2, 0) is 4.79 Å². The topological polar surface area (TPSA) is 42.0 Å². The number of pyridine rings is 1. The fourth-order valence-corrected chi connectivity index (χ4v) is 3.30. The number of fused-ring (bicyclic) bond motifs is 1. The first-order valence-electron chi connectivity index (χ1n) is 7.55. The molecule has 4 heteroatoms. The van der Waals surface area contributed by atoms with Crippen LogP contribution in [0.15, 0.2) is 71.8 Å². The Labute approximate surface area is 140 Å². The lowest BCUT2D eigenvalue weighted by atomic mass is 10.1. The van der Waals surface area contributed by atoms with Gasteiger partial charge in [0.25, 0.3) is 0 Å². The highest BCUT2D eigenvalue weighted by atomic mass is 32.2. The number of nitrogens with zero attached hydrogens (tertiary/aromatic N) is 1. The minimum atomic E-state index is 0.00921. The largest absolute Gasteiger partial charge is 0.349 e. The van der Waals surface area contributed by atoms with Gasteiger partial charge in [-0.1, -0.05) is 48.5 Å². The summed E-state index contributed by atoms with van der Waals surface area (Å²) in [4.78, 5) is 17.6. The summed E-state index contributed by atoms with van der Waals surface area (Å²) in [6, 6.07) is 20.0. The third-order valence-corrected chi connectivity index (χ3v) is 4.68. The van der Waals surface area contributed by atoms with E-state index in [2.05, 4.69) is 10.3 Å². The molecule has 0 bridgehead atoms. The molecule has 1 unspecified atom stereocenters. The highest BCUT2D eigenvalue weighted by Crippen LogP contribution is 2.26. The summed E-state index contributed by atoms with van der Waals surface area (Å²) in [6.45, 7) is 2.00. The van der Waals surface area contributed by atoms with Gasteiger partial charge in [0.1, 0.15) is 0 Å². The van der Waals surface area contributed by atoms with Crippen molar-refractivity contribution in [1.29, 1.82) is 0 Å². The normalized spacial score (nSPS) is 12.0. The summed E-state index contributed by atoms with van der Waals surface area (Å²) in [5, 5.41) is 4.13. The van der Waals surface area contributed by atoms with E-state index in [1.807, 2.05) is 67.6 Å². The van der Waals surface area contributed by atoms with Crippen LogP contribution in [0.1, 0.15) is 18.5 Å². The second-order valence-corrected chi connectivity index (χ2v) is 6.34. The van der Waals surface area contributed by atoms with Crippen molar-refractivity contribution >= 4 is 28.6 Å². The predicted octanol–water partition coefficient (Wildman–Crippen LogP) is 4.20. The lowest BCUT2D eigenvalue weighted by Crippen LogP contribution is -2.28. The third-order valence-electron chi connectivity index (χ3n) is 3.63. The first-order chi connectivity index (χ1) is 11.2. The van der Waals surface area contributed by atoms with Crippen molar-refractivity contribution in [2.45, 2.75) is 17.9 Å². The van der Waals surface area contributed by atoms with E-state index in [4.69, 9.17) is 0 Å². The number of para-hydroxylation sites is 1. The second kappa shape index (κ2) is 7.29. The SMILES string of the molecule is CC(NC(=O)CSc1cccc2cccnc12)c1ccccc1. The Balaban J connectivity index is 1.62. The minimum absolute atomic E-state index is 0.00921. The van der Waals surface area contributed by atoms with E-state index < -0.39 is 0 Å². The van der Waals surface area contributed by atoms with Crippen LogP contribution in [0, 0.1) is 0 Å². The number of aromatic nitrogens is 1. The van der Waals surface area contributed by atoms with Gasteiger partial charge in [-0.2, -0.15) is 0 Å². The Morgan fingerprint density at radius 3 is 2.70 bits per heavy atom. The predicted molar refractivity (Wildman–Crippen MR) is 95.5 cm³/mol. The van der Waals surface area contributed by atoms with Gasteiger partial charge in [0, 0.05) is 16.5 Å². The lowest BCUT2D eigenvalue weighted by Gasteiger charge is -2.14. The summed E-state index contributed by atoms with van der Waals surface area (Å²) >= 11 is 1.52. The molecule has 0 saturated carbocycles. The van der Waals surface area contributed by atoms with Crippen molar-refractivity contribution < 1.29 is 4.79 Å². The maximum atomic E-state index is 12.2.